The Bertz CT molecular complexity index is 1020. The molecule has 1 fully saturated rings. The molecule has 0 unspecified atom stereocenters. The predicted octanol–water partition coefficient (Wildman–Crippen LogP) is 5.56. The summed E-state index contributed by atoms with van der Waals surface area (Å²) in [5.74, 6) is -0.854. The Morgan fingerprint density at radius 1 is 1.25 bits per heavy atom. The van der Waals surface area contributed by atoms with Crippen LogP contribution in [0.3, 0.4) is 0 Å². The number of alkyl halides is 3. The van der Waals surface area contributed by atoms with Gasteiger partial charge in [-0.3, -0.25) is 4.79 Å². The van der Waals surface area contributed by atoms with Gasteiger partial charge in [0.15, 0.2) is 0 Å². The molecule has 2 aliphatic rings. The Morgan fingerprint density at radius 2 is 1.97 bits per heavy atom. The van der Waals surface area contributed by atoms with E-state index in [2.05, 4.69) is 11.2 Å². The molecule has 32 heavy (non-hydrogen) atoms. The average Bonchev–Trinajstić information content (AvgIpc) is 3.28. The van der Waals surface area contributed by atoms with Gasteiger partial charge in [0.05, 0.1) is 24.0 Å². The van der Waals surface area contributed by atoms with E-state index in [0.717, 1.165) is 28.9 Å². The molecule has 0 bridgehead atoms. The highest BCUT2D eigenvalue weighted by molar-refractivity contribution is 5.82. The first-order valence-electron chi connectivity index (χ1n) is 11.0. The van der Waals surface area contributed by atoms with Crippen LogP contribution in [0.2, 0.25) is 0 Å². The van der Waals surface area contributed by atoms with Crippen LogP contribution in [0, 0.1) is 17.2 Å². The molecule has 2 aliphatic carbocycles. The smallest absolute Gasteiger partial charge is 0.342 e. The summed E-state index contributed by atoms with van der Waals surface area (Å²) in [7, 11) is 0. The Kier molecular flexibility index (Phi) is 5.90. The van der Waals surface area contributed by atoms with Crippen LogP contribution >= 0.6 is 0 Å². The topological polar surface area (TPSA) is 38.1 Å². The number of rotatable bonds is 6. The SMILES string of the molecule is CCCN(CCC(F)(F)F)C(=O)[C@H]1CCC2=Cc3c(cnn3-c3ccc(F)cc3)C[C@@]21C. The number of allylic oxidation sites excluding steroid dienone is 1. The summed E-state index contributed by atoms with van der Waals surface area (Å²) in [6.07, 6.45) is 1.12. The maximum Gasteiger partial charge on any atom is 0.390 e. The third-order valence-corrected chi connectivity index (χ3v) is 6.80. The molecule has 4 nitrogen and oxygen atoms in total. The Balaban J connectivity index is 1.59. The van der Waals surface area contributed by atoms with Gasteiger partial charge in [-0.1, -0.05) is 19.4 Å². The lowest BCUT2D eigenvalue weighted by Gasteiger charge is -2.37. The van der Waals surface area contributed by atoms with E-state index in [-0.39, 0.29) is 24.2 Å². The van der Waals surface area contributed by atoms with Crippen LogP contribution in [-0.4, -0.2) is 39.9 Å². The number of hydrogen-bond donors (Lipinski definition) is 0. The van der Waals surface area contributed by atoms with Gasteiger partial charge in [0.1, 0.15) is 5.82 Å². The summed E-state index contributed by atoms with van der Waals surface area (Å²) in [6.45, 7) is 3.94. The van der Waals surface area contributed by atoms with E-state index >= 15 is 0 Å². The monoisotopic (exact) mass is 449 g/mol. The van der Waals surface area contributed by atoms with Gasteiger partial charge >= 0.3 is 6.18 Å². The van der Waals surface area contributed by atoms with Crippen molar-refractivity contribution < 1.29 is 22.4 Å². The highest BCUT2D eigenvalue weighted by Crippen LogP contribution is 2.53. The minimum atomic E-state index is -4.29. The van der Waals surface area contributed by atoms with E-state index in [9.17, 15) is 22.4 Å². The van der Waals surface area contributed by atoms with E-state index in [1.165, 1.54) is 17.0 Å². The molecule has 2 aromatic rings. The van der Waals surface area contributed by atoms with Gasteiger partial charge in [-0.2, -0.15) is 18.3 Å². The number of aromatic nitrogens is 2. The lowest BCUT2D eigenvalue weighted by atomic mass is 9.69. The third-order valence-electron chi connectivity index (χ3n) is 6.80. The fraction of sp³-hybridized carbons (Fsp3) is 0.500. The molecule has 172 valence electrons. The quantitative estimate of drug-likeness (QED) is 0.542. The number of halogens is 4. The van der Waals surface area contributed by atoms with Gasteiger partial charge < -0.3 is 4.90 Å². The number of fused-ring (bicyclic) bond motifs is 2. The van der Waals surface area contributed by atoms with Crippen molar-refractivity contribution in [1.29, 1.82) is 0 Å². The van der Waals surface area contributed by atoms with Gasteiger partial charge in [0.2, 0.25) is 5.91 Å². The zero-order chi connectivity index (χ0) is 23.1. The largest absolute Gasteiger partial charge is 0.390 e. The number of carbonyl (C=O) groups excluding carboxylic acids is 1. The summed E-state index contributed by atoms with van der Waals surface area (Å²) >= 11 is 0. The van der Waals surface area contributed by atoms with E-state index < -0.39 is 18.0 Å². The highest BCUT2D eigenvalue weighted by atomic mass is 19.4. The number of nitrogens with zero attached hydrogens (tertiary/aromatic N) is 3. The van der Waals surface area contributed by atoms with Crippen LogP contribution in [0.15, 0.2) is 36.0 Å². The summed E-state index contributed by atoms with van der Waals surface area (Å²) in [4.78, 5) is 14.8. The lowest BCUT2D eigenvalue weighted by Crippen LogP contribution is -2.44. The predicted molar refractivity (Wildman–Crippen MR) is 114 cm³/mol. The van der Waals surface area contributed by atoms with Crippen LogP contribution in [0.1, 0.15) is 50.8 Å². The van der Waals surface area contributed by atoms with Gasteiger partial charge in [-0.05, 0) is 61.6 Å². The van der Waals surface area contributed by atoms with Crippen molar-refractivity contribution in [2.75, 3.05) is 13.1 Å². The second-order valence-corrected chi connectivity index (χ2v) is 8.99. The molecule has 2 atom stereocenters. The van der Waals surface area contributed by atoms with Crippen molar-refractivity contribution in [3.05, 3.63) is 53.1 Å². The van der Waals surface area contributed by atoms with Crippen molar-refractivity contribution in [3.8, 4) is 5.69 Å². The maximum atomic E-state index is 13.4. The first-order valence-corrected chi connectivity index (χ1v) is 11.0. The molecule has 0 spiro atoms. The third kappa shape index (κ3) is 4.19. The van der Waals surface area contributed by atoms with E-state index in [4.69, 9.17) is 0 Å². The summed E-state index contributed by atoms with van der Waals surface area (Å²) in [5.41, 5.74) is 3.34. The highest BCUT2D eigenvalue weighted by Gasteiger charge is 2.50. The van der Waals surface area contributed by atoms with Crippen LogP contribution in [0.4, 0.5) is 17.6 Å². The van der Waals surface area contributed by atoms with E-state index in [1.807, 2.05) is 13.8 Å². The fourth-order valence-electron chi connectivity index (χ4n) is 5.11. The second-order valence-electron chi connectivity index (χ2n) is 8.99. The van der Waals surface area contributed by atoms with E-state index in [1.54, 1.807) is 23.0 Å². The fourth-order valence-corrected chi connectivity index (χ4v) is 5.11. The zero-order valence-corrected chi connectivity index (χ0v) is 18.3. The normalized spacial score (nSPS) is 22.3. The summed E-state index contributed by atoms with van der Waals surface area (Å²) in [5, 5.41) is 4.48. The standard InChI is InChI=1S/C24H27F4N3O/c1-3-11-30(12-10-24(26,27)28)22(32)20-9-4-17-13-21-16(14-23(17,20)2)15-29-31(21)19-7-5-18(25)6-8-19/h5-8,13,15,20H,3-4,9-12,14H2,1-2H3/t20-,23+/m1/s1. The van der Waals surface area contributed by atoms with Crippen molar-refractivity contribution >= 4 is 12.0 Å². The van der Waals surface area contributed by atoms with Crippen LogP contribution < -0.4 is 0 Å². The average molecular weight is 449 g/mol. The molecule has 1 aromatic carbocycles. The molecule has 1 heterocycles. The molecule has 1 amide bonds. The van der Waals surface area contributed by atoms with Gasteiger partial charge in [0.25, 0.3) is 0 Å². The number of hydrogen-bond acceptors (Lipinski definition) is 2. The summed E-state index contributed by atoms with van der Waals surface area (Å²) in [6, 6.07) is 6.10. The minimum absolute atomic E-state index is 0.184. The Labute approximate surface area is 184 Å². The molecule has 8 heteroatoms. The molecule has 4 rings (SSSR count). The van der Waals surface area contributed by atoms with E-state index in [0.29, 0.717) is 25.8 Å². The lowest BCUT2D eigenvalue weighted by molar-refractivity contribution is -0.149. The molecule has 0 radical (unpaired) electrons. The molecule has 0 saturated heterocycles. The molecular weight excluding hydrogens is 422 g/mol. The Morgan fingerprint density at radius 3 is 2.62 bits per heavy atom. The zero-order valence-electron chi connectivity index (χ0n) is 18.3. The second kappa shape index (κ2) is 8.37. The number of carbonyl (C=O) groups is 1. The van der Waals surface area contributed by atoms with Gasteiger partial charge in [0, 0.05) is 24.4 Å². The van der Waals surface area contributed by atoms with Crippen molar-refractivity contribution in [1.82, 2.24) is 14.7 Å². The maximum absolute atomic E-state index is 13.4. The van der Waals surface area contributed by atoms with Crippen molar-refractivity contribution in [3.63, 3.8) is 0 Å². The van der Waals surface area contributed by atoms with Crippen LogP contribution in [0.5, 0.6) is 0 Å². The first-order chi connectivity index (χ1) is 15.1. The summed E-state index contributed by atoms with van der Waals surface area (Å²) < 4.78 is 53.5. The number of amides is 1. The van der Waals surface area contributed by atoms with Crippen LogP contribution in [0.25, 0.3) is 11.8 Å². The molecule has 1 aromatic heterocycles. The van der Waals surface area contributed by atoms with Crippen molar-refractivity contribution in [2.24, 2.45) is 11.3 Å². The first kappa shape index (κ1) is 22.6. The van der Waals surface area contributed by atoms with Crippen LogP contribution in [-0.2, 0) is 11.2 Å². The Hall–Kier alpha value is -2.64. The molecule has 0 aliphatic heterocycles. The molecule has 1 saturated carbocycles. The van der Waals surface area contributed by atoms with Crippen molar-refractivity contribution in [2.45, 2.75) is 52.1 Å². The number of benzene rings is 1. The van der Waals surface area contributed by atoms with Gasteiger partial charge in [-0.25, -0.2) is 9.07 Å². The molecular formula is C24H27F4N3O. The molecule has 0 N–H and O–H groups in total. The van der Waals surface area contributed by atoms with Gasteiger partial charge in [-0.15, -0.1) is 0 Å². The minimum Gasteiger partial charge on any atom is -0.342 e.